The van der Waals surface area contributed by atoms with Gasteiger partial charge in [0.05, 0.1) is 39.6 Å². The fraction of sp³-hybridized carbons (Fsp3) is 0.280. The first kappa shape index (κ1) is 24.1. The van der Waals surface area contributed by atoms with Gasteiger partial charge in [0.15, 0.2) is 0 Å². The maximum Gasteiger partial charge on any atom is 0.416 e. The molecule has 3 amide bonds. The van der Waals surface area contributed by atoms with Gasteiger partial charge in [0.2, 0.25) is 5.91 Å². The summed E-state index contributed by atoms with van der Waals surface area (Å²) in [5.74, 6) is -0.0971. The summed E-state index contributed by atoms with van der Waals surface area (Å²) < 4.78 is 39.0. The first-order valence-electron chi connectivity index (χ1n) is 11.3. The molecule has 186 valence electrons. The third kappa shape index (κ3) is 4.26. The van der Waals surface area contributed by atoms with Gasteiger partial charge in [0.25, 0.3) is 0 Å². The molecule has 0 bridgehead atoms. The molecule has 1 unspecified atom stereocenters. The van der Waals surface area contributed by atoms with Crippen LogP contribution in [0.4, 0.5) is 29.3 Å². The van der Waals surface area contributed by atoms with Crippen molar-refractivity contribution in [1.29, 1.82) is 0 Å². The van der Waals surface area contributed by atoms with E-state index in [0.29, 0.717) is 23.6 Å². The number of amides is 3. The van der Waals surface area contributed by atoms with Gasteiger partial charge in [-0.05, 0) is 49.2 Å². The van der Waals surface area contributed by atoms with E-state index in [4.69, 9.17) is 11.6 Å². The maximum absolute atomic E-state index is 13.5. The summed E-state index contributed by atoms with van der Waals surface area (Å²) in [5.41, 5.74) is -0.256. The van der Waals surface area contributed by atoms with E-state index < -0.39 is 23.2 Å². The average molecular weight is 516 g/mol. The molecule has 5 rings (SSSR count). The van der Waals surface area contributed by atoms with E-state index in [1.807, 2.05) is 12.1 Å². The minimum absolute atomic E-state index is 0.0563. The predicted molar refractivity (Wildman–Crippen MR) is 127 cm³/mol. The Balaban J connectivity index is 1.34. The molecule has 11 heteroatoms. The summed E-state index contributed by atoms with van der Waals surface area (Å²) in [5, 5.41) is 2.94. The molecule has 1 spiro atoms. The number of hydrogen-bond acceptors (Lipinski definition) is 4. The number of alkyl halides is 3. The number of hydrogen-bond donors (Lipinski definition) is 1. The fourth-order valence-corrected chi connectivity index (χ4v) is 5.15. The Labute approximate surface area is 209 Å². The van der Waals surface area contributed by atoms with Gasteiger partial charge in [-0.2, -0.15) is 13.2 Å². The number of pyridine rings is 2. The van der Waals surface area contributed by atoms with Crippen molar-refractivity contribution in [3.8, 4) is 0 Å². The summed E-state index contributed by atoms with van der Waals surface area (Å²) in [4.78, 5) is 38.1. The summed E-state index contributed by atoms with van der Waals surface area (Å²) in [6.07, 6.45) is 0.985. The molecule has 2 aliphatic rings. The maximum atomic E-state index is 13.5. The van der Waals surface area contributed by atoms with Crippen molar-refractivity contribution in [3.05, 3.63) is 83.4 Å². The van der Waals surface area contributed by atoms with Gasteiger partial charge in [0.1, 0.15) is 0 Å². The van der Waals surface area contributed by atoms with Crippen LogP contribution < -0.4 is 10.2 Å². The van der Waals surface area contributed by atoms with Crippen LogP contribution in [0.5, 0.6) is 0 Å². The van der Waals surface area contributed by atoms with Crippen molar-refractivity contribution in [3.63, 3.8) is 0 Å². The number of urea groups is 1. The van der Waals surface area contributed by atoms with Crippen LogP contribution in [0.2, 0.25) is 5.02 Å². The number of nitrogens with zero attached hydrogens (tertiary/aromatic N) is 4. The second-order valence-corrected chi connectivity index (χ2v) is 9.28. The van der Waals surface area contributed by atoms with E-state index in [-0.39, 0.29) is 30.7 Å². The van der Waals surface area contributed by atoms with Gasteiger partial charge >= 0.3 is 12.2 Å². The SMILES string of the molecule is O=C(Nc1cccc(C(F)(F)F)c1)N1CCC2(CC1)C(=O)N(c1cncc(Cl)c1)C2c1ccccn1. The van der Waals surface area contributed by atoms with Crippen LogP contribution in [0, 0.1) is 5.41 Å². The molecule has 0 saturated carbocycles. The number of rotatable bonds is 3. The van der Waals surface area contributed by atoms with Gasteiger partial charge in [-0.25, -0.2) is 4.79 Å². The Kier molecular flexibility index (Phi) is 6.07. The van der Waals surface area contributed by atoms with Crippen molar-refractivity contribution in [2.45, 2.75) is 25.1 Å². The number of carbonyl (C=O) groups is 2. The van der Waals surface area contributed by atoms with Gasteiger partial charge in [-0.1, -0.05) is 23.7 Å². The Morgan fingerprint density at radius 2 is 1.86 bits per heavy atom. The van der Waals surface area contributed by atoms with E-state index in [9.17, 15) is 22.8 Å². The van der Waals surface area contributed by atoms with Gasteiger partial charge in [0, 0.05) is 31.2 Å². The van der Waals surface area contributed by atoms with Crippen molar-refractivity contribution < 1.29 is 22.8 Å². The zero-order valence-electron chi connectivity index (χ0n) is 18.9. The van der Waals surface area contributed by atoms with Gasteiger partial charge in [-0.3, -0.25) is 14.8 Å². The number of likely N-dealkylation sites (tertiary alicyclic amines) is 1. The normalized spacial score (nSPS) is 19.2. The molecule has 0 aliphatic carbocycles. The second-order valence-electron chi connectivity index (χ2n) is 8.85. The molecule has 4 heterocycles. The zero-order valence-corrected chi connectivity index (χ0v) is 19.6. The monoisotopic (exact) mass is 515 g/mol. The standard InChI is InChI=1S/C25H21ClF3N5O2/c26-17-13-19(15-30-14-17)34-21(20-6-1-2-9-31-20)24(22(34)35)7-10-33(11-8-24)23(36)32-18-5-3-4-16(12-18)25(27,28)29/h1-6,9,12-15,21H,7-8,10-11H2,(H,32,36). The third-order valence-corrected chi connectivity index (χ3v) is 6.95. The predicted octanol–water partition coefficient (Wildman–Crippen LogP) is 5.55. The van der Waals surface area contributed by atoms with E-state index in [1.54, 1.807) is 29.4 Å². The Hall–Kier alpha value is -3.66. The van der Waals surface area contributed by atoms with Crippen LogP contribution in [0.1, 0.15) is 30.1 Å². The Morgan fingerprint density at radius 1 is 1.08 bits per heavy atom. The molecule has 1 atom stereocenters. The van der Waals surface area contributed by atoms with Crippen LogP contribution in [0.3, 0.4) is 0 Å². The quantitative estimate of drug-likeness (QED) is 0.464. The molecule has 7 nitrogen and oxygen atoms in total. The highest BCUT2D eigenvalue weighted by molar-refractivity contribution is 6.30. The van der Waals surface area contributed by atoms with Crippen molar-refractivity contribution in [2.24, 2.45) is 5.41 Å². The number of halogens is 4. The van der Waals surface area contributed by atoms with Crippen molar-refractivity contribution in [1.82, 2.24) is 14.9 Å². The highest BCUT2D eigenvalue weighted by atomic mass is 35.5. The molecule has 2 aromatic heterocycles. The van der Waals surface area contributed by atoms with Crippen molar-refractivity contribution in [2.75, 3.05) is 23.3 Å². The molecule has 1 aromatic carbocycles. The average Bonchev–Trinajstić information content (AvgIpc) is 2.87. The smallest absolute Gasteiger partial charge is 0.324 e. The highest BCUT2D eigenvalue weighted by Crippen LogP contribution is 2.57. The number of piperidine rings is 1. The van der Waals surface area contributed by atoms with Crippen LogP contribution >= 0.6 is 11.6 Å². The van der Waals surface area contributed by atoms with E-state index in [2.05, 4.69) is 15.3 Å². The molecule has 36 heavy (non-hydrogen) atoms. The van der Waals surface area contributed by atoms with E-state index >= 15 is 0 Å². The summed E-state index contributed by atoms with van der Waals surface area (Å²) in [6.45, 7) is 0.531. The van der Waals surface area contributed by atoms with Gasteiger partial charge in [-0.15, -0.1) is 0 Å². The molecular weight excluding hydrogens is 495 g/mol. The lowest BCUT2D eigenvalue weighted by Gasteiger charge is -2.58. The lowest BCUT2D eigenvalue weighted by molar-refractivity contribution is -0.144. The largest absolute Gasteiger partial charge is 0.416 e. The molecule has 2 saturated heterocycles. The number of aromatic nitrogens is 2. The van der Waals surface area contributed by atoms with Crippen LogP contribution in [0.25, 0.3) is 0 Å². The number of anilines is 2. The van der Waals surface area contributed by atoms with Crippen LogP contribution in [-0.4, -0.2) is 39.9 Å². The number of benzene rings is 1. The summed E-state index contributed by atoms with van der Waals surface area (Å²) in [6, 6.07) is 10.8. The topological polar surface area (TPSA) is 78.4 Å². The zero-order chi connectivity index (χ0) is 25.5. The van der Waals surface area contributed by atoms with Crippen molar-refractivity contribution >= 4 is 34.9 Å². The highest BCUT2D eigenvalue weighted by Gasteiger charge is 2.62. The molecule has 2 fully saturated rings. The fourth-order valence-electron chi connectivity index (χ4n) is 4.98. The van der Waals surface area contributed by atoms with Gasteiger partial charge < -0.3 is 15.1 Å². The minimum atomic E-state index is -4.51. The number of carbonyl (C=O) groups excluding carboxylic acids is 2. The Morgan fingerprint density at radius 3 is 2.53 bits per heavy atom. The second kappa shape index (κ2) is 9.09. The molecule has 1 N–H and O–H groups in total. The number of β-lactam (4-membered cyclic amide) rings is 1. The summed E-state index contributed by atoms with van der Waals surface area (Å²) in [7, 11) is 0. The first-order valence-corrected chi connectivity index (χ1v) is 11.7. The van der Waals surface area contributed by atoms with E-state index in [0.717, 1.165) is 17.8 Å². The molecule has 2 aliphatic heterocycles. The number of nitrogens with one attached hydrogen (secondary N) is 1. The van der Waals surface area contributed by atoms with Crippen LogP contribution in [-0.2, 0) is 11.0 Å². The lowest BCUT2D eigenvalue weighted by Crippen LogP contribution is -2.67. The third-order valence-electron chi connectivity index (χ3n) is 6.75. The molecule has 0 radical (unpaired) electrons. The molecular formula is C25H21ClF3N5O2. The molecule has 3 aromatic rings. The minimum Gasteiger partial charge on any atom is -0.324 e. The summed E-state index contributed by atoms with van der Waals surface area (Å²) >= 11 is 6.11. The Bertz CT molecular complexity index is 1300. The van der Waals surface area contributed by atoms with E-state index in [1.165, 1.54) is 23.2 Å². The first-order chi connectivity index (χ1) is 17.2. The lowest BCUT2D eigenvalue weighted by atomic mass is 9.63. The van der Waals surface area contributed by atoms with Crippen LogP contribution in [0.15, 0.2) is 67.1 Å².